The van der Waals surface area contributed by atoms with E-state index >= 15 is 0 Å². The van der Waals surface area contributed by atoms with Crippen molar-refractivity contribution in [2.75, 3.05) is 51.1 Å². The highest BCUT2D eigenvalue weighted by Crippen LogP contribution is 2.15. The maximum atomic E-state index is 12.5. The number of halogens is 1. The molecule has 2 saturated heterocycles. The van der Waals surface area contributed by atoms with Gasteiger partial charge in [-0.05, 0) is 43.5 Å². The Bertz CT molecular complexity index is 594. The van der Waals surface area contributed by atoms with Gasteiger partial charge in [0, 0.05) is 49.4 Å². The van der Waals surface area contributed by atoms with E-state index < -0.39 is 0 Å². The molecule has 0 saturated carbocycles. The summed E-state index contributed by atoms with van der Waals surface area (Å²) in [5, 5.41) is 2.91. The Morgan fingerprint density at radius 2 is 1.48 bits per heavy atom. The molecule has 6 nitrogen and oxygen atoms in total. The fourth-order valence-electron chi connectivity index (χ4n) is 3.32. The molecule has 0 spiro atoms. The summed E-state index contributed by atoms with van der Waals surface area (Å²) in [5.41, 5.74) is 0.798. The summed E-state index contributed by atoms with van der Waals surface area (Å²) in [6.07, 6.45) is 3.45. The van der Waals surface area contributed by atoms with Gasteiger partial charge in [-0.1, -0.05) is 15.9 Å². The van der Waals surface area contributed by atoms with Crippen LogP contribution in [0.15, 0.2) is 28.7 Å². The van der Waals surface area contributed by atoms with E-state index in [0.717, 1.165) is 49.2 Å². The molecule has 0 aliphatic carbocycles. The number of likely N-dealkylation sites (tertiary alicyclic amines) is 1. The minimum absolute atomic E-state index is 0.0156. The van der Waals surface area contributed by atoms with E-state index in [0.29, 0.717) is 19.6 Å². The molecule has 3 amide bonds. The first-order valence-corrected chi connectivity index (χ1v) is 9.73. The second-order valence-electron chi connectivity index (χ2n) is 6.65. The van der Waals surface area contributed by atoms with Crippen LogP contribution in [0.4, 0.5) is 10.5 Å². The number of piperidine rings is 1. The minimum Gasteiger partial charge on any atom is -0.325 e. The molecular formula is C18H25BrN4O2. The van der Waals surface area contributed by atoms with Crippen LogP contribution in [0.5, 0.6) is 0 Å². The number of urea groups is 1. The predicted molar refractivity (Wildman–Crippen MR) is 102 cm³/mol. The first-order chi connectivity index (χ1) is 12.1. The molecule has 2 fully saturated rings. The molecule has 136 valence electrons. The average molecular weight is 409 g/mol. The highest BCUT2D eigenvalue weighted by Gasteiger charge is 2.26. The highest BCUT2D eigenvalue weighted by molar-refractivity contribution is 9.10. The first kappa shape index (κ1) is 18.2. The summed E-state index contributed by atoms with van der Waals surface area (Å²) in [6.45, 7) is 5.01. The number of nitrogens with zero attached hydrogens (tertiary/aromatic N) is 3. The molecule has 2 aliphatic heterocycles. The summed E-state index contributed by atoms with van der Waals surface area (Å²) in [6, 6.07) is 7.72. The molecule has 0 bridgehead atoms. The van der Waals surface area contributed by atoms with E-state index in [1.165, 1.54) is 6.42 Å². The van der Waals surface area contributed by atoms with Crippen LogP contribution in [0.1, 0.15) is 19.3 Å². The Balaban J connectivity index is 1.41. The highest BCUT2D eigenvalue weighted by atomic mass is 79.9. The number of nitrogens with one attached hydrogen (secondary N) is 1. The van der Waals surface area contributed by atoms with Crippen molar-refractivity contribution in [2.45, 2.75) is 19.3 Å². The van der Waals surface area contributed by atoms with Gasteiger partial charge < -0.3 is 15.1 Å². The van der Waals surface area contributed by atoms with E-state index in [2.05, 4.69) is 26.1 Å². The number of anilines is 1. The minimum atomic E-state index is -0.0156. The quantitative estimate of drug-likeness (QED) is 0.835. The second-order valence-corrected chi connectivity index (χ2v) is 7.56. The Hall–Kier alpha value is -1.60. The zero-order valence-corrected chi connectivity index (χ0v) is 16.0. The van der Waals surface area contributed by atoms with Gasteiger partial charge in [-0.25, -0.2) is 4.79 Å². The SMILES string of the molecule is O=C(CN1CCN(C(=O)N2CCCCC2)CC1)Nc1ccc(Br)cc1. The monoisotopic (exact) mass is 408 g/mol. The van der Waals surface area contributed by atoms with Crippen molar-refractivity contribution in [3.63, 3.8) is 0 Å². The van der Waals surface area contributed by atoms with Gasteiger partial charge in [0.05, 0.1) is 6.54 Å². The number of hydrogen-bond acceptors (Lipinski definition) is 3. The van der Waals surface area contributed by atoms with Crippen LogP contribution in [-0.2, 0) is 4.79 Å². The van der Waals surface area contributed by atoms with Gasteiger partial charge in [-0.15, -0.1) is 0 Å². The Kier molecular flexibility index (Phi) is 6.31. The molecule has 2 aliphatic rings. The third-order valence-corrected chi connectivity index (χ3v) is 5.29. The Morgan fingerprint density at radius 3 is 2.12 bits per heavy atom. The molecule has 1 aromatic carbocycles. The number of rotatable bonds is 3. The fraction of sp³-hybridized carbons (Fsp3) is 0.556. The number of carbonyl (C=O) groups is 2. The third kappa shape index (κ3) is 5.19. The van der Waals surface area contributed by atoms with Gasteiger partial charge in [0.2, 0.25) is 5.91 Å². The topological polar surface area (TPSA) is 55.9 Å². The van der Waals surface area contributed by atoms with Gasteiger partial charge in [-0.2, -0.15) is 0 Å². The zero-order chi connectivity index (χ0) is 17.6. The van der Waals surface area contributed by atoms with E-state index in [4.69, 9.17) is 0 Å². The van der Waals surface area contributed by atoms with E-state index in [1.807, 2.05) is 34.1 Å². The Morgan fingerprint density at radius 1 is 0.880 bits per heavy atom. The molecule has 25 heavy (non-hydrogen) atoms. The van der Waals surface area contributed by atoms with Crippen molar-refractivity contribution >= 4 is 33.6 Å². The second kappa shape index (κ2) is 8.67. The molecule has 3 rings (SSSR count). The smallest absolute Gasteiger partial charge is 0.320 e. The number of hydrogen-bond donors (Lipinski definition) is 1. The number of carbonyl (C=O) groups excluding carboxylic acids is 2. The fourth-order valence-corrected chi connectivity index (χ4v) is 3.58. The predicted octanol–water partition coefficient (Wildman–Crippen LogP) is 2.61. The van der Waals surface area contributed by atoms with Crippen LogP contribution < -0.4 is 5.32 Å². The molecule has 0 radical (unpaired) electrons. The van der Waals surface area contributed by atoms with Crippen LogP contribution in [0.25, 0.3) is 0 Å². The summed E-state index contributed by atoms with van der Waals surface area (Å²) in [5.74, 6) is -0.0156. The molecule has 1 N–H and O–H groups in total. The first-order valence-electron chi connectivity index (χ1n) is 8.93. The summed E-state index contributed by atoms with van der Waals surface area (Å²) < 4.78 is 0.986. The lowest BCUT2D eigenvalue weighted by atomic mass is 10.1. The van der Waals surface area contributed by atoms with Gasteiger partial charge >= 0.3 is 6.03 Å². The maximum Gasteiger partial charge on any atom is 0.320 e. The summed E-state index contributed by atoms with van der Waals surface area (Å²) >= 11 is 3.38. The van der Waals surface area contributed by atoms with E-state index in [1.54, 1.807) is 0 Å². The van der Waals surface area contributed by atoms with Gasteiger partial charge in [-0.3, -0.25) is 9.69 Å². The zero-order valence-electron chi connectivity index (χ0n) is 14.4. The lowest BCUT2D eigenvalue weighted by Gasteiger charge is -2.38. The van der Waals surface area contributed by atoms with Crippen molar-refractivity contribution in [3.8, 4) is 0 Å². The summed E-state index contributed by atoms with van der Waals surface area (Å²) in [7, 11) is 0. The van der Waals surface area contributed by atoms with Crippen molar-refractivity contribution in [3.05, 3.63) is 28.7 Å². The van der Waals surface area contributed by atoms with Gasteiger partial charge in [0.25, 0.3) is 0 Å². The van der Waals surface area contributed by atoms with Crippen LogP contribution >= 0.6 is 15.9 Å². The van der Waals surface area contributed by atoms with Gasteiger partial charge in [0.15, 0.2) is 0 Å². The van der Waals surface area contributed by atoms with E-state index in [9.17, 15) is 9.59 Å². The van der Waals surface area contributed by atoms with Crippen LogP contribution in [0, 0.1) is 0 Å². The standard InChI is InChI=1S/C18H25BrN4O2/c19-15-4-6-16(7-5-15)20-17(24)14-21-10-12-23(13-11-21)18(25)22-8-2-1-3-9-22/h4-7H,1-3,8-14H2,(H,20,24). The molecule has 2 heterocycles. The van der Waals surface area contributed by atoms with Crippen molar-refractivity contribution in [2.24, 2.45) is 0 Å². The molecular weight excluding hydrogens is 384 g/mol. The van der Waals surface area contributed by atoms with Crippen LogP contribution in [0.3, 0.4) is 0 Å². The van der Waals surface area contributed by atoms with Crippen LogP contribution in [0.2, 0.25) is 0 Å². The molecule has 0 unspecified atom stereocenters. The number of benzene rings is 1. The third-order valence-electron chi connectivity index (χ3n) is 4.76. The largest absolute Gasteiger partial charge is 0.325 e. The average Bonchev–Trinajstić information content (AvgIpc) is 2.64. The molecule has 1 aromatic rings. The molecule has 7 heteroatoms. The Labute approximate surface area is 157 Å². The number of piperazine rings is 1. The molecule has 0 atom stereocenters. The van der Waals surface area contributed by atoms with Crippen molar-refractivity contribution in [1.82, 2.24) is 14.7 Å². The summed E-state index contributed by atoms with van der Waals surface area (Å²) in [4.78, 5) is 30.7. The maximum absolute atomic E-state index is 12.5. The number of amides is 3. The lowest BCUT2D eigenvalue weighted by Crippen LogP contribution is -2.54. The normalized spacial score (nSPS) is 18.9. The molecule has 0 aromatic heterocycles. The van der Waals surface area contributed by atoms with Crippen molar-refractivity contribution in [1.29, 1.82) is 0 Å². The lowest BCUT2D eigenvalue weighted by molar-refractivity contribution is -0.117. The van der Waals surface area contributed by atoms with E-state index in [-0.39, 0.29) is 11.9 Å². The van der Waals surface area contributed by atoms with Crippen molar-refractivity contribution < 1.29 is 9.59 Å². The van der Waals surface area contributed by atoms with Gasteiger partial charge in [0.1, 0.15) is 0 Å². The van der Waals surface area contributed by atoms with Crippen LogP contribution in [-0.4, -0.2) is 72.5 Å².